The lowest BCUT2D eigenvalue weighted by atomic mass is 9.96. The van der Waals surface area contributed by atoms with Crippen LogP contribution in [0, 0.1) is 0 Å². The van der Waals surface area contributed by atoms with Crippen LogP contribution in [0.4, 0.5) is 0 Å². The number of rotatable bonds is 8. The monoisotopic (exact) mass is 518 g/mol. The quantitative estimate of drug-likeness (QED) is 0.143. The summed E-state index contributed by atoms with van der Waals surface area (Å²) in [5, 5.41) is 99.9. The van der Waals surface area contributed by atoms with E-state index in [0.717, 1.165) is 0 Å². The first-order valence-electron chi connectivity index (χ1n) is 11.0. The van der Waals surface area contributed by atoms with Crippen molar-refractivity contribution in [1.82, 2.24) is 0 Å². The summed E-state index contributed by atoms with van der Waals surface area (Å²) < 4.78 is 32.6. The SMILES string of the molecule is COC1OC(CO)C(O)C(OC2OC(CO)C(O)C(O)C2O)C1OC1OC(CO)C(O)C(O)C1O. The van der Waals surface area contributed by atoms with E-state index in [9.17, 15) is 51.1 Å². The van der Waals surface area contributed by atoms with Crippen LogP contribution >= 0.6 is 0 Å². The van der Waals surface area contributed by atoms with Crippen molar-refractivity contribution in [3.63, 3.8) is 0 Å². The molecule has 15 unspecified atom stereocenters. The van der Waals surface area contributed by atoms with Crippen molar-refractivity contribution in [2.24, 2.45) is 0 Å². The molecular formula is C19H34O16. The van der Waals surface area contributed by atoms with E-state index in [4.69, 9.17) is 28.4 Å². The van der Waals surface area contributed by atoms with E-state index in [-0.39, 0.29) is 0 Å². The lowest BCUT2D eigenvalue weighted by Gasteiger charge is -2.48. The van der Waals surface area contributed by atoms with Crippen molar-refractivity contribution >= 4 is 0 Å². The first-order valence-corrected chi connectivity index (χ1v) is 11.0. The highest BCUT2D eigenvalue weighted by Gasteiger charge is 2.54. The summed E-state index contributed by atoms with van der Waals surface area (Å²) in [5.41, 5.74) is 0. The maximum Gasteiger partial charge on any atom is 0.187 e. The summed E-state index contributed by atoms with van der Waals surface area (Å²) in [4.78, 5) is 0. The molecule has 3 saturated heterocycles. The van der Waals surface area contributed by atoms with Crippen LogP contribution in [0.1, 0.15) is 0 Å². The number of ether oxygens (including phenoxy) is 6. The lowest BCUT2D eigenvalue weighted by Crippen LogP contribution is -2.67. The second-order valence-corrected chi connectivity index (χ2v) is 8.55. The van der Waals surface area contributed by atoms with Crippen LogP contribution in [0.15, 0.2) is 0 Å². The van der Waals surface area contributed by atoms with Gasteiger partial charge in [0.2, 0.25) is 0 Å². The molecule has 0 saturated carbocycles. The average molecular weight is 518 g/mol. The maximum absolute atomic E-state index is 10.8. The van der Waals surface area contributed by atoms with Crippen LogP contribution < -0.4 is 0 Å². The largest absolute Gasteiger partial charge is 0.394 e. The molecule has 0 spiro atoms. The normalized spacial score (nSPS) is 51.3. The Morgan fingerprint density at radius 1 is 0.486 bits per heavy atom. The van der Waals surface area contributed by atoms with E-state index in [1.165, 1.54) is 7.11 Å². The minimum absolute atomic E-state index is 0.706. The van der Waals surface area contributed by atoms with Crippen molar-refractivity contribution in [2.45, 2.75) is 92.1 Å². The van der Waals surface area contributed by atoms with E-state index in [0.29, 0.717) is 0 Å². The molecule has 0 bridgehead atoms. The first-order chi connectivity index (χ1) is 16.6. The molecule has 35 heavy (non-hydrogen) atoms. The van der Waals surface area contributed by atoms with E-state index in [1.807, 2.05) is 0 Å². The van der Waals surface area contributed by atoms with Gasteiger partial charge in [-0.3, -0.25) is 0 Å². The van der Waals surface area contributed by atoms with Crippen molar-refractivity contribution in [3.8, 4) is 0 Å². The van der Waals surface area contributed by atoms with Crippen LogP contribution in [0.25, 0.3) is 0 Å². The molecule has 0 amide bonds. The standard InChI is InChI=1S/C19H34O16/c1-30-19-16(35-18-14(29)12(27)9(24)6(3-21)32-18)15(10(25)7(4-22)33-19)34-17-13(28)11(26)8(23)5(2-20)31-17/h5-29H,2-4H2,1H3. The van der Waals surface area contributed by atoms with Gasteiger partial charge in [0.25, 0.3) is 0 Å². The zero-order valence-electron chi connectivity index (χ0n) is 18.7. The molecule has 0 radical (unpaired) electrons. The molecule has 0 aromatic heterocycles. The molecule has 3 aliphatic rings. The smallest absolute Gasteiger partial charge is 0.187 e. The van der Waals surface area contributed by atoms with Crippen molar-refractivity contribution in [3.05, 3.63) is 0 Å². The Balaban J connectivity index is 1.86. The molecule has 206 valence electrons. The minimum atomic E-state index is -1.84. The van der Waals surface area contributed by atoms with Crippen LogP contribution in [-0.4, -0.2) is 170 Å². The van der Waals surface area contributed by atoms with Crippen LogP contribution in [0.3, 0.4) is 0 Å². The van der Waals surface area contributed by atoms with Gasteiger partial charge in [-0.05, 0) is 0 Å². The van der Waals surface area contributed by atoms with Gasteiger partial charge in [0, 0.05) is 7.11 Å². The second-order valence-electron chi connectivity index (χ2n) is 8.55. The lowest BCUT2D eigenvalue weighted by molar-refractivity contribution is -0.390. The number of aliphatic hydroxyl groups is 10. The third kappa shape index (κ3) is 5.78. The Bertz CT molecular complexity index is 652. The van der Waals surface area contributed by atoms with Crippen molar-refractivity contribution < 1.29 is 79.5 Å². The topological polar surface area (TPSA) is 258 Å². The predicted molar refractivity (Wildman–Crippen MR) is 106 cm³/mol. The maximum atomic E-state index is 10.8. The van der Waals surface area contributed by atoms with E-state index in [2.05, 4.69) is 0 Å². The number of hydrogen-bond acceptors (Lipinski definition) is 16. The van der Waals surface area contributed by atoms with Gasteiger partial charge in [0.05, 0.1) is 19.8 Å². The van der Waals surface area contributed by atoms with E-state index < -0.39 is 112 Å². The fourth-order valence-electron chi connectivity index (χ4n) is 4.20. The van der Waals surface area contributed by atoms with E-state index in [1.54, 1.807) is 0 Å². The highest BCUT2D eigenvalue weighted by molar-refractivity contribution is 4.96. The van der Waals surface area contributed by atoms with Crippen LogP contribution in [0.5, 0.6) is 0 Å². The molecule has 0 aromatic rings. The Kier molecular flexibility index (Phi) is 10.1. The van der Waals surface area contributed by atoms with Crippen molar-refractivity contribution in [2.75, 3.05) is 26.9 Å². The summed E-state index contributed by atoms with van der Waals surface area (Å²) in [6.07, 6.45) is -24.1. The molecule has 0 aliphatic carbocycles. The number of hydrogen-bond donors (Lipinski definition) is 10. The minimum Gasteiger partial charge on any atom is -0.394 e. The predicted octanol–water partition coefficient (Wildman–Crippen LogP) is -6.92. The Morgan fingerprint density at radius 3 is 1.26 bits per heavy atom. The molecule has 10 N–H and O–H groups in total. The van der Waals surface area contributed by atoms with Gasteiger partial charge in [-0.25, -0.2) is 0 Å². The van der Waals surface area contributed by atoms with Gasteiger partial charge in [0.1, 0.15) is 73.2 Å². The summed E-state index contributed by atoms with van der Waals surface area (Å²) in [6.45, 7) is -2.19. The average Bonchev–Trinajstić information content (AvgIpc) is 2.86. The highest BCUT2D eigenvalue weighted by Crippen LogP contribution is 2.33. The zero-order valence-corrected chi connectivity index (χ0v) is 18.7. The summed E-state index contributed by atoms with van der Waals surface area (Å²) in [7, 11) is 1.19. The summed E-state index contributed by atoms with van der Waals surface area (Å²) in [5.74, 6) is 0. The molecule has 3 rings (SSSR count). The van der Waals surface area contributed by atoms with Gasteiger partial charge >= 0.3 is 0 Å². The summed E-state index contributed by atoms with van der Waals surface area (Å²) in [6, 6.07) is 0. The summed E-state index contributed by atoms with van der Waals surface area (Å²) >= 11 is 0. The third-order valence-corrected chi connectivity index (χ3v) is 6.31. The molecule has 3 fully saturated rings. The number of methoxy groups -OCH3 is 1. The van der Waals surface area contributed by atoms with Crippen LogP contribution in [-0.2, 0) is 28.4 Å². The molecule has 3 heterocycles. The first kappa shape index (κ1) is 28.9. The highest BCUT2D eigenvalue weighted by atomic mass is 16.8. The van der Waals surface area contributed by atoms with Crippen molar-refractivity contribution in [1.29, 1.82) is 0 Å². The fraction of sp³-hybridized carbons (Fsp3) is 1.00. The van der Waals surface area contributed by atoms with Gasteiger partial charge in [0.15, 0.2) is 18.9 Å². The molecule has 16 nitrogen and oxygen atoms in total. The molecule has 16 heteroatoms. The third-order valence-electron chi connectivity index (χ3n) is 6.31. The van der Waals surface area contributed by atoms with E-state index >= 15 is 0 Å². The molecular weight excluding hydrogens is 484 g/mol. The van der Waals surface area contributed by atoms with Gasteiger partial charge in [-0.15, -0.1) is 0 Å². The molecule has 0 aromatic carbocycles. The zero-order chi connectivity index (χ0) is 26.0. The second kappa shape index (κ2) is 12.3. The van der Waals surface area contributed by atoms with Gasteiger partial charge in [-0.2, -0.15) is 0 Å². The number of aliphatic hydroxyl groups excluding tert-OH is 10. The molecule has 15 atom stereocenters. The van der Waals surface area contributed by atoms with Gasteiger partial charge in [-0.1, -0.05) is 0 Å². The fourth-order valence-corrected chi connectivity index (χ4v) is 4.20. The van der Waals surface area contributed by atoms with Crippen LogP contribution in [0.2, 0.25) is 0 Å². The Morgan fingerprint density at radius 2 is 0.857 bits per heavy atom. The Hall–Kier alpha value is -0.640. The Labute approximate surface area is 199 Å². The van der Waals surface area contributed by atoms with Gasteiger partial charge < -0.3 is 79.5 Å². The molecule has 3 aliphatic heterocycles.